The van der Waals surface area contributed by atoms with Gasteiger partial charge in [-0.25, -0.2) is 9.97 Å². The molecule has 1 aliphatic heterocycles. The summed E-state index contributed by atoms with van der Waals surface area (Å²) in [6.07, 6.45) is 2.15. The number of alkyl halides is 3. The zero-order chi connectivity index (χ0) is 24.1. The number of nitrogens with one attached hydrogen (secondary N) is 1. The highest BCUT2D eigenvalue weighted by Crippen LogP contribution is 2.35. The molecule has 0 aromatic carbocycles. The molecule has 7 nitrogen and oxygen atoms in total. The van der Waals surface area contributed by atoms with Gasteiger partial charge in [0, 0.05) is 43.8 Å². The number of anilines is 2. The number of carbonyl (C=O) groups is 1. The van der Waals surface area contributed by atoms with E-state index in [9.17, 15) is 18.0 Å². The van der Waals surface area contributed by atoms with Crippen molar-refractivity contribution in [1.82, 2.24) is 15.0 Å². The maximum absolute atomic E-state index is 12.9. The van der Waals surface area contributed by atoms with Crippen molar-refractivity contribution >= 4 is 29.1 Å². The summed E-state index contributed by atoms with van der Waals surface area (Å²) < 4.78 is 44.4. The molecular weight excluding hydrogens is 471 g/mol. The van der Waals surface area contributed by atoms with Crippen LogP contribution in [0.15, 0.2) is 55.1 Å². The molecule has 178 valence electrons. The number of aromatic nitrogens is 3. The Morgan fingerprint density at radius 3 is 2.56 bits per heavy atom. The smallest absolute Gasteiger partial charge is 0.417 e. The van der Waals surface area contributed by atoms with Gasteiger partial charge in [-0.2, -0.15) is 13.2 Å². The molecule has 1 fully saturated rings. The molecule has 0 bridgehead atoms. The highest BCUT2D eigenvalue weighted by molar-refractivity contribution is 6.33. The van der Waals surface area contributed by atoms with Crippen molar-refractivity contribution in [2.75, 3.05) is 23.3 Å². The molecule has 3 aromatic heterocycles. The Morgan fingerprint density at radius 2 is 1.88 bits per heavy atom. The van der Waals surface area contributed by atoms with Crippen molar-refractivity contribution < 1.29 is 22.7 Å². The van der Waals surface area contributed by atoms with E-state index in [2.05, 4.69) is 20.3 Å². The van der Waals surface area contributed by atoms with Gasteiger partial charge in [-0.1, -0.05) is 11.6 Å². The summed E-state index contributed by atoms with van der Waals surface area (Å²) in [5, 5.41) is 2.77. The fourth-order valence-electron chi connectivity index (χ4n) is 3.63. The maximum atomic E-state index is 12.9. The van der Waals surface area contributed by atoms with Crippen LogP contribution in [0.25, 0.3) is 0 Å². The van der Waals surface area contributed by atoms with Gasteiger partial charge in [-0.05, 0) is 48.7 Å². The Bertz CT molecular complexity index is 1140. The van der Waals surface area contributed by atoms with E-state index in [1.165, 1.54) is 0 Å². The van der Waals surface area contributed by atoms with Crippen LogP contribution in [0.2, 0.25) is 5.02 Å². The van der Waals surface area contributed by atoms with Crippen LogP contribution in [-0.2, 0) is 17.6 Å². The summed E-state index contributed by atoms with van der Waals surface area (Å²) in [5.41, 5.74) is 0.0341. The molecule has 0 atom stereocenters. The van der Waals surface area contributed by atoms with E-state index in [0.717, 1.165) is 17.8 Å². The number of amides is 1. The Morgan fingerprint density at radius 1 is 1.15 bits per heavy atom. The Hall–Kier alpha value is -3.40. The number of halogens is 4. The molecule has 0 unspecified atom stereocenters. The summed E-state index contributed by atoms with van der Waals surface area (Å²) in [6.45, 7) is 1.17. The lowest BCUT2D eigenvalue weighted by atomic mass is 9.96. The molecule has 0 aliphatic carbocycles. The monoisotopic (exact) mass is 491 g/mol. The molecule has 0 radical (unpaired) electrons. The van der Waals surface area contributed by atoms with E-state index in [4.69, 9.17) is 16.3 Å². The Kier molecular flexibility index (Phi) is 7.16. The molecule has 11 heteroatoms. The van der Waals surface area contributed by atoms with Gasteiger partial charge in [0.05, 0.1) is 10.6 Å². The third-order valence-electron chi connectivity index (χ3n) is 5.47. The predicted octanol–water partition coefficient (Wildman–Crippen LogP) is 4.98. The third-order valence-corrected chi connectivity index (χ3v) is 5.75. The Balaban J connectivity index is 1.35. The number of carbonyl (C=O) groups excluding carboxylic acids is 1. The summed E-state index contributed by atoms with van der Waals surface area (Å²) in [4.78, 5) is 26.7. The van der Waals surface area contributed by atoms with Crippen LogP contribution >= 0.6 is 11.6 Å². The van der Waals surface area contributed by atoms with Crippen molar-refractivity contribution in [3.63, 3.8) is 0 Å². The average Bonchev–Trinajstić information content (AvgIpc) is 2.83. The van der Waals surface area contributed by atoms with Gasteiger partial charge in [0.25, 0.3) is 0 Å². The lowest BCUT2D eigenvalue weighted by Gasteiger charge is -2.32. The van der Waals surface area contributed by atoms with Crippen LogP contribution in [0.5, 0.6) is 5.75 Å². The van der Waals surface area contributed by atoms with E-state index in [1.54, 1.807) is 35.6 Å². The zero-order valence-electron chi connectivity index (χ0n) is 17.9. The molecule has 1 amide bonds. The second-order valence-corrected chi connectivity index (χ2v) is 8.18. The standard InChI is InChI=1S/C23H21ClF3N5O2/c24-18-12-17(23(25,26)27)13-30-21(18)32-10-5-16(6-11-32)22(33)31-20-19(2-1-7-29-20)34-14-15-3-8-28-9-4-15/h1-4,7-9,12-13,16H,5-6,10-11,14H2,(H,29,31,33). The molecule has 3 aromatic rings. The maximum Gasteiger partial charge on any atom is 0.417 e. The topological polar surface area (TPSA) is 80.2 Å². The van der Waals surface area contributed by atoms with Gasteiger partial charge in [-0.15, -0.1) is 0 Å². The largest absolute Gasteiger partial charge is 0.485 e. The van der Waals surface area contributed by atoms with Gasteiger partial charge in [0.2, 0.25) is 5.91 Å². The van der Waals surface area contributed by atoms with Crippen LogP contribution in [0.1, 0.15) is 24.0 Å². The molecule has 0 spiro atoms. The zero-order valence-corrected chi connectivity index (χ0v) is 18.7. The highest BCUT2D eigenvalue weighted by atomic mass is 35.5. The Labute approximate surface area is 199 Å². The van der Waals surface area contributed by atoms with E-state index in [1.807, 2.05) is 12.1 Å². The second-order valence-electron chi connectivity index (χ2n) is 7.77. The van der Waals surface area contributed by atoms with Crippen molar-refractivity contribution in [2.24, 2.45) is 5.92 Å². The quantitative estimate of drug-likeness (QED) is 0.524. The van der Waals surface area contributed by atoms with Crippen LogP contribution in [-0.4, -0.2) is 33.9 Å². The number of hydrogen-bond acceptors (Lipinski definition) is 6. The van der Waals surface area contributed by atoms with Crippen molar-refractivity contribution in [2.45, 2.75) is 25.6 Å². The van der Waals surface area contributed by atoms with Gasteiger partial charge in [0.15, 0.2) is 11.6 Å². The minimum Gasteiger partial charge on any atom is -0.485 e. The van der Waals surface area contributed by atoms with Crippen molar-refractivity contribution in [3.8, 4) is 5.75 Å². The minimum atomic E-state index is -4.51. The fraction of sp³-hybridized carbons (Fsp3) is 0.304. The average molecular weight is 492 g/mol. The van der Waals surface area contributed by atoms with Crippen molar-refractivity contribution in [3.05, 3.63) is 71.3 Å². The van der Waals surface area contributed by atoms with Gasteiger partial charge < -0.3 is 15.0 Å². The predicted molar refractivity (Wildman–Crippen MR) is 121 cm³/mol. The summed E-state index contributed by atoms with van der Waals surface area (Å²) >= 11 is 6.06. The number of piperidine rings is 1. The van der Waals surface area contributed by atoms with Gasteiger partial charge in [0.1, 0.15) is 12.4 Å². The number of rotatable bonds is 6. The first-order chi connectivity index (χ1) is 16.3. The third kappa shape index (κ3) is 5.74. The SMILES string of the molecule is O=C(Nc1ncccc1OCc1ccncc1)C1CCN(c2ncc(C(F)(F)F)cc2Cl)CC1. The van der Waals surface area contributed by atoms with E-state index >= 15 is 0 Å². The first kappa shape index (κ1) is 23.7. The van der Waals surface area contributed by atoms with Crippen molar-refractivity contribution in [1.29, 1.82) is 0 Å². The van der Waals surface area contributed by atoms with Crippen LogP contribution in [0.4, 0.5) is 24.8 Å². The van der Waals surface area contributed by atoms with Gasteiger partial charge >= 0.3 is 6.18 Å². The molecule has 4 heterocycles. The molecule has 1 saturated heterocycles. The first-order valence-corrected chi connectivity index (χ1v) is 10.9. The normalized spacial score (nSPS) is 14.6. The summed E-state index contributed by atoms with van der Waals surface area (Å²) in [5.74, 6) is 0.574. The van der Waals surface area contributed by atoms with E-state index in [-0.39, 0.29) is 22.7 Å². The lowest BCUT2D eigenvalue weighted by Crippen LogP contribution is -2.38. The number of pyridine rings is 3. The lowest BCUT2D eigenvalue weighted by molar-refractivity contribution is -0.137. The molecule has 0 saturated carbocycles. The van der Waals surface area contributed by atoms with Gasteiger partial charge in [-0.3, -0.25) is 9.78 Å². The van der Waals surface area contributed by atoms with Crippen LogP contribution in [0, 0.1) is 5.92 Å². The minimum absolute atomic E-state index is 0.0674. The molecule has 1 aliphatic rings. The van der Waals surface area contributed by atoms with E-state index in [0.29, 0.717) is 44.1 Å². The number of hydrogen-bond donors (Lipinski definition) is 1. The number of nitrogens with zero attached hydrogens (tertiary/aromatic N) is 4. The molecule has 1 N–H and O–H groups in total. The molecular formula is C23H21ClF3N5O2. The second kappa shape index (κ2) is 10.3. The van der Waals surface area contributed by atoms with E-state index < -0.39 is 11.7 Å². The van der Waals surface area contributed by atoms with Crippen LogP contribution in [0.3, 0.4) is 0 Å². The fourth-order valence-corrected chi connectivity index (χ4v) is 3.92. The summed E-state index contributed by atoms with van der Waals surface area (Å²) in [6, 6.07) is 7.99. The first-order valence-electron chi connectivity index (χ1n) is 10.6. The number of ether oxygens (including phenoxy) is 1. The highest BCUT2D eigenvalue weighted by Gasteiger charge is 2.33. The molecule has 34 heavy (non-hydrogen) atoms. The van der Waals surface area contributed by atoms with Crippen LogP contribution < -0.4 is 15.0 Å². The summed E-state index contributed by atoms with van der Waals surface area (Å²) in [7, 11) is 0. The molecule has 4 rings (SSSR count).